The molecule has 1 unspecified atom stereocenters. The van der Waals surface area contributed by atoms with E-state index in [0.29, 0.717) is 5.41 Å². The van der Waals surface area contributed by atoms with Gasteiger partial charge in [-0.3, -0.25) is 0 Å². The molecule has 1 aliphatic rings. The van der Waals surface area contributed by atoms with E-state index in [4.69, 9.17) is 0 Å². The van der Waals surface area contributed by atoms with Crippen molar-refractivity contribution in [3.05, 3.63) is 34.9 Å². The number of nitrogens with zero attached hydrogens (tertiary/aromatic N) is 1. The minimum Gasteiger partial charge on any atom is -0.387 e. The number of piperidine rings is 1. The van der Waals surface area contributed by atoms with E-state index in [1.807, 2.05) is 0 Å². The number of β-amino-alcohol motifs (C(OH)–C–C–N with tert-alkyl or cyclic N) is 1. The van der Waals surface area contributed by atoms with Crippen LogP contribution in [0, 0.1) is 19.3 Å². The van der Waals surface area contributed by atoms with Crippen molar-refractivity contribution >= 4 is 0 Å². The summed E-state index contributed by atoms with van der Waals surface area (Å²) < 4.78 is 0. The summed E-state index contributed by atoms with van der Waals surface area (Å²) in [6.45, 7) is 11.8. The maximum absolute atomic E-state index is 10.4. The Kier molecular flexibility index (Phi) is 4.32. The molecule has 0 aliphatic carbocycles. The molecule has 0 aromatic heterocycles. The van der Waals surface area contributed by atoms with Gasteiger partial charge in [0.2, 0.25) is 0 Å². The van der Waals surface area contributed by atoms with Crippen molar-refractivity contribution < 1.29 is 5.11 Å². The van der Waals surface area contributed by atoms with Crippen LogP contribution in [0.5, 0.6) is 0 Å². The fourth-order valence-corrected chi connectivity index (χ4v) is 2.88. The summed E-state index contributed by atoms with van der Waals surface area (Å²) in [7, 11) is 0. The predicted molar refractivity (Wildman–Crippen MR) is 80.3 cm³/mol. The molecule has 0 amide bonds. The van der Waals surface area contributed by atoms with Gasteiger partial charge >= 0.3 is 0 Å². The molecule has 1 aliphatic heterocycles. The van der Waals surface area contributed by atoms with E-state index < -0.39 is 0 Å². The van der Waals surface area contributed by atoms with Crippen molar-refractivity contribution in [3.63, 3.8) is 0 Å². The summed E-state index contributed by atoms with van der Waals surface area (Å²) in [5.41, 5.74) is 4.01. The zero-order valence-corrected chi connectivity index (χ0v) is 12.7. The zero-order chi connectivity index (χ0) is 14.0. The highest BCUT2D eigenvalue weighted by atomic mass is 16.3. The number of hydrogen-bond donors (Lipinski definition) is 1. The Hall–Kier alpha value is -0.860. The van der Waals surface area contributed by atoms with E-state index in [1.54, 1.807) is 0 Å². The van der Waals surface area contributed by atoms with Gasteiger partial charge in [-0.2, -0.15) is 0 Å². The second-order valence-corrected chi connectivity index (χ2v) is 6.84. The topological polar surface area (TPSA) is 23.5 Å². The maximum atomic E-state index is 10.4. The third kappa shape index (κ3) is 3.80. The molecular formula is C17H27NO. The number of aryl methyl sites for hydroxylation is 2. The van der Waals surface area contributed by atoms with Crippen LogP contribution in [0.15, 0.2) is 18.2 Å². The van der Waals surface area contributed by atoms with Crippen LogP contribution < -0.4 is 0 Å². The van der Waals surface area contributed by atoms with Crippen LogP contribution >= 0.6 is 0 Å². The molecule has 1 aromatic carbocycles. The van der Waals surface area contributed by atoms with E-state index in [-0.39, 0.29) is 6.10 Å². The van der Waals surface area contributed by atoms with Crippen molar-refractivity contribution in [2.45, 2.75) is 46.6 Å². The van der Waals surface area contributed by atoms with Crippen LogP contribution in [0.25, 0.3) is 0 Å². The average Bonchev–Trinajstić information content (AvgIpc) is 2.31. The van der Waals surface area contributed by atoms with Crippen molar-refractivity contribution in [1.82, 2.24) is 4.90 Å². The van der Waals surface area contributed by atoms with Crippen molar-refractivity contribution in [3.8, 4) is 0 Å². The van der Waals surface area contributed by atoms with Gasteiger partial charge < -0.3 is 10.0 Å². The molecule has 0 spiro atoms. The second-order valence-electron chi connectivity index (χ2n) is 6.84. The number of hydrogen-bond acceptors (Lipinski definition) is 2. The first-order valence-corrected chi connectivity index (χ1v) is 7.35. The molecular weight excluding hydrogens is 234 g/mol. The Morgan fingerprint density at radius 1 is 1.21 bits per heavy atom. The van der Waals surface area contributed by atoms with Gasteiger partial charge in [0.15, 0.2) is 0 Å². The minimum absolute atomic E-state index is 0.359. The third-order valence-electron chi connectivity index (χ3n) is 4.43. The normalized spacial score (nSPS) is 21.3. The highest BCUT2D eigenvalue weighted by molar-refractivity contribution is 5.32. The molecule has 0 radical (unpaired) electrons. The van der Waals surface area contributed by atoms with E-state index in [0.717, 1.165) is 25.2 Å². The zero-order valence-electron chi connectivity index (χ0n) is 12.7. The quantitative estimate of drug-likeness (QED) is 0.900. The summed E-state index contributed by atoms with van der Waals surface area (Å²) in [4.78, 5) is 2.40. The molecule has 19 heavy (non-hydrogen) atoms. The number of aliphatic hydroxyl groups excluding tert-OH is 1. The first kappa shape index (κ1) is 14.5. The van der Waals surface area contributed by atoms with Crippen LogP contribution in [0.2, 0.25) is 0 Å². The monoisotopic (exact) mass is 261 g/mol. The van der Waals surface area contributed by atoms with Gasteiger partial charge in [-0.25, -0.2) is 0 Å². The van der Waals surface area contributed by atoms with Crippen LogP contribution in [-0.2, 0) is 0 Å². The van der Waals surface area contributed by atoms with Gasteiger partial charge in [0.05, 0.1) is 6.10 Å². The average molecular weight is 261 g/mol. The molecule has 2 rings (SSSR count). The molecule has 2 nitrogen and oxygen atoms in total. The predicted octanol–water partition coefficient (Wildman–Crippen LogP) is 3.46. The molecule has 1 saturated heterocycles. The Balaban J connectivity index is 1.96. The molecule has 0 saturated carbocycles. The summed E-state index contributed by atoms with van der Waals surface area (Å²) in [5, 5.41) is 10.4. The van der Waals surface area contributed by atoms with E-state index in [1.165, 1.54) is 24.0 Å². The van der Waals surface area contributed by atoms with Crippen molar-refractivity contribution in [2.24, 2.45) is 5.41 Å². The standard InChI is InChI=1S/C17H27NO/c1-13-5-6-15(14(2)11-13)16(19)12-18-9-7-17(3,4)8-10-18/h5-6,11,16,19H,7-10,12H2,1-4H3. The van der Waals surface area contributed by atoms with Gasteiger partial charge in [0, 0.05) is 6.54 Å². The molecule has 2 heteroatoms. The molecule has 1 atom stereocenters. The first-order valence-electron chi connectivity index (χ1n) is 7.35. The number of likely N-dealkylation sites (tertiary alicyclic amines) is 1. The summed E-state index contributed by atoms with van der Waals surface area (Å²) in [6.07, 6.45) is 2.10. The summed E-state index contributed by atoms with van der Waals surface area (Å²) in [6, 6.07) is 6.31. The Morgan fingerprint density at radius 3 is 2.42 bits per heavy atom. The smallest absolute Gasteiger partial charge is 0.0919 e. The molecule has 1 N–H and O–H groups in total. The van der Waals surface area contributed by atoms with Crippen LogP contribution in [0.1, 0.15) is 49.5 Å². The van der Waals surface area contributed by atoms with Crippen LogP contribution in [0.3, 0.4) is 0 Å². The van der Waals surface area contributed by atoms with E-state index in [2.05, 4.69) is 50.8 Å². The van der Waals surface area contributed by atoms with Gasteiger partial charge in [-0.15, -0.1) is 0 Å². The Labute approximate surface area is 117 Å². The lowest BCUT2D eigenvalue weighted by Gasteiger charge is -2.37. The van der Waals surface area contributed by atoms with E-state index in [9.17, 15) is 5.11 Å². The van der Waals surface area contributed by atoms with Gasteiger partial charge in [-0.05, 0) is 56.3 Å². The highest BCUT2D eigenvalue weighted by Gasteiger charge is 2.26. The lowest BCUT2D eigenvalue weighted by Crippen LogP contribution is -2.39. The van der Waals surface area contributed by atoms with Crippen molar-refractivity contribution in [2.75, 3.05) is 19.6 Å². The number of benzene rings is 1. The molecule has 0 bridgehead atoms. The minimum atomic E-state index is -0.359. The van der Waals surface area contributed by atoms with Gasteiger partial charge in [-0.1, -0.05) is 37.6 Å². The van der Waals surface area contributed by atoms with Gasteiger partial charge in [0.25, 0.3) is 0 Å². The summed E-state index contributed by atoms with van der Waals surface area (Å²) in [5.74, 6) is 0. The molecule has 106 valence electrons. The van der Waals surface area contributed by atoms with Crippen molar-refractivity contribution in [1.29, 1.82) is 0 Å². The largest absolute Gasteiger partial charge is 0.387 e. The van der Waals surface area contributed by atoms with E-state index >= 15 is 0 Å². The fourth-order valence-electron chi connectivity index (χ4n) is 2.88. The number of aliphatic hydroxyl groups is 1. The first-order chi connectivity index (χ1) is 8.87. The Morgan fingerprint density at radius 2 is 1.84 bits per heavy atom. The SMILES string of the molecule is Cc1ccc(C(O)CN2CCC(C)(C)CC2)c(C)c1. The lowest BCUT2D eigenvalue weighted by atomic mass is 9.82. The molecule has 1 heterocycles. The lowest BCUT2D eigenvalue weighted by molar-refractivity contribution is 0.0701. The van der Waals surface area contributed by atoms with Crippen LogP contribution in [-0.4, -0.2) is 29.6 Å². The number of rotatable bonds is 3. The fraction of sp³-hybridized carbons (Fsp3) is 0.647. The van der Waals surface area contributed by atoms with Gasteiger partial charge in [0.1, 0.15) is 0 Å². The summed E-state index contributed by atoms with van der Waals surface area (Å²) >= 11 is 0. The molecule has 1 aromatic rings. The molecule has 1 fully saturated rings. The second kappa shape index (κ2) is 5.64. The van der Waals surface area contributed by atoms with Crippen LogP contribution in [0.4, 0.5) is 0 Å². The third-order valence-corrected chi connectivity index (χ3v) is 4.43. The maximum Gasteiger partial charge on any atom is 0.0919 e. The highest BCUT2D eigenvalue weighted by Crippen LogP contribution is 2.30. The Bertz CT molecular complexity index is 429.